The Balaban J connectivity index is 0.000000328. The number of fused-ring (bicyclic) bond motifs is 2. The number of carbonyl (C=O) groups is 2. The van der Waals surface area contributed by atoms with E-state index in [2.05, 4.69) is 42.4 Å². The van der Waals surface area contributed by atoms with Crippen molar-refractivity contribution in [3.05, 3.63) is 188 Å². The molecule has 0 atom stereocenters. The average molecular weight is 1190 g/mol. The van der Waals surface area contributed by atoms with E-state index in [4.69, 9.17) is 18.3 Å². The number of rotatable bonds is 16. The Morgan fingerprint density at radius 1 is 0.469 bits per heavy atom. The molecule has 2 amide bonds. The molecule has 2 saturated heterocycles. The Morgan fingerprint density at radius 2 is 0.815 bits per heavy atom. The monoisotopic (exact) mass is 1180 g/mol. The van der Waals surface area contributed by atoms with Crippen LogP contribution in [-0.2, 0) is 0 Å². The molecular weight excluding hydrogens is 1110 g/mol. The summed E-state index contributed by atoms with van der Waals surface area (Å²) in [6.45, 7) is 14.0. The SMILES string of the molecule is COc1ccccc1N1CCN(CCCNC(=O)c2cccc3c(=O)c(C)c(-c4ccccc4)oc23)CC1.COc1ccccc1N1CCN(CCCNC(=O)c2cccc3c(=O)c(C)c(-c4ccccc4)oc23)CC1.Cl.Cl.Cl.Cl.O. The van der Waals surface area contributed by atoms with Crippen LogP contribution >= 0.6 is 49.6 Å². The van der Waals surface area contributed by atoms with Crippen molar-refractivity contribution in [3.8, 4) is 34.1 Å². The summed E-state index contributed by atoms with van der Waals surface area (Å²) in [5, 5.41) is 6.88. The highest BCUT2D eigenvalue weighted by Crippen LogP contribution is 2.32. The van der Waals surface area contributed by atoms with Gasteiger partial charge in [-0.3, -0.25) is 29.0 Å². The zero-order valence-electron chi connectivity index (χ0n) is 45.9. The Kier molecular flexibility index (Phi) is 26.1. The molecule has 4 heterocycles. The Labute approximate surface area is 497 Å². The number of hydrogen-bond donors (Lipinski definition) is 2. The number of piperazine rings is 2. The Bertz CT molecular complexity index is 3200. The van der Waals surface area contributed by atoms with E-state index in [1.807, 2.05) is 97.1 Å². The quantitative estimate of drug-likeness (QED) is 0.0875. The van der Waals surface area contributed by atoms with Crippen LogP contribution in [0.15, 0.2) is 164 Å². The summed E-state index contributed by atoms with van der Waals surface area (Å²) in [6, 6.07) is 45.6. The van der Waals surface area contributed by atoms with E-state index in [0.29, 0.717) is 68.8 Å². The smallest absolute Gasteiger partial charge is 0.255 e. The molecule has 0 radical (unpaired) electrons. The lowest BCUT2D eigenvalue weighted by Crippen LogP contribution is -2.47. The van der Waals surface area contributed by atoms with Crippen molar-refractivity contribution in [3.63, 3.8) is 0 Å². The number of hydrogen-bond acceptors (Lipinski definition) is 12. The summed E-state index contributed by atoms with van der Waals surface area (Å²) >= 11 is 0. The predicted molar refractivity (Wildman–Crippen MR) is 335 cm³/mol. The predicted octanol–water partition coefficient (Wildman–Crippen LogP) is 10.3. The van der Waals surface area contributed by atoms with Gasteiger partial charge >= 0.3 is 0 Å². The maximum Gasteiger partial charge on any atom is 0.255 e. The molecule has 10 rings (SSSR count). The number of nitrogens with one attached hydrogen (secondary N) is 2. The molecule has 2 aliphatic heterocycles. The zero-order valence-corrected chi connectivity index (χ0v) is 49.2. The van der Waals surface area contributed by atoms with Crippen molar-refractivity contribution in [1.82, 2.24) is 20.4 Å². The van der Waals surface area contributed by atoms with Gasteiger partial charge in [-0.2, -0.15) is 0 Å². The normalized spacial score (nSPS) is 13.1. The van der Waals surface area contributed by atoms with Crippen molar-refractivity contribution in [2.75, 3.05) is 103 Å². The standard InChI is InChI=1S/2C31H33N3O4.4ClH.H2O/c2*1-22-28(35)24-12-8-13-25(30(24)38-29(22)23-10-4-3-5-11-23)31(36)32-16-9-17-33-18-20-34(21-19-33)26-14-6-7-15-27(26)37-2;;;;;/h2*3-8,10-15H,9,16-21H2,1-2H3,(H,32,36);4*1H;1H2. The third kappa shape index (κ3) is 15.7. The molecule has 8 aromatic rings. The number of benzene rings is 6. The van der Waals surface area contributed by atoms with Crippen LogP contribution in [0.25, 0.3) is 44.6 Å². The van der Waals surface area contributed by atoms with E-state index in [0.717, 1.165) is 112 Å². The number of amides is 2. The molecule has 0 bridgehead atoms. The summed E-state index contributed by atoms with van der Waals surface area (Å²) in [4.78, 5) is 61.9. The van der Waals surface area contributed by atoms with Gasteiger partial charge in [-0.15, -0.1) is 49.6 Å². The minimum Gasteiger partial charge on any atom is -0.495 e. The molecule has 0 spiro atoms. The molecule has 0 saturated carbocycles. The molecule has 2 aromatic heterocycles. The molecule has 6 aromatic carbocycles. The van der Waals surface area contributed by atoms with Gasteiger partial charge in [0.25, 0.3) is 11.8 Å². The number of ether oxygens (including phenoxy) is 2. The van der Waals surface area contributed by atoms with Gasteiger partial charge in [-0.25, -0.2) is 0 Å². The Hall–Kier alpha value is -7.08. The average Bonchev–Trinajstić information content (AvgIpc) is 3.47. The Morgan fingerprint density at radius 3 is 1.17 bits per heavy atom. The summed E-state index contributed by atoms with van der Waals surface area (Å²) in [5.41, 5.74) is 6.12. The molecule has 81 heavy (non-hydrogen) atoms. The second kappa shape index (κ2) is 31.8. The molecular formula is C62H72Cl4N6O9. The number of para-hydroxylation sites is 6. The van der Waals surface area contributed by atoms with Crippen LogP contribution < -0.4 is 40.8 Å². The fourth-order valence-electron chi connectivity index (χ4n) is 10.1. The van der Waals surface area contributed by atoms with Crippen LogP contribution in [0.5, 0.6) is 11.5 Å². The van der Waals surface area contributed by atoms with Gasteiger partial charge in [0.15, 0.2) is 22.0 Å². The van der Waals surface area contributed by atoms with Crippen molar-refractivity contribution in [2.45, 2.75) is 26.7 Å². The van der Waals surface area contributed by atoms with E-state index in [-0.39, 0.29) is 77.8 Å². The van der Waals surface area contributed by atoms with Gasteiger partial charge in [-0.05, 0) is 88.3 Å². The van der Waals surface area contributed by atoms with Gasteiger partial charge < -0.3 is 44.2 Å². The molecule has 19 heteroatoms. The van der Waals surface area contributed by atoms with Crippen molar-refractivity contribution < 1.29 is 33.4 Å². The fourth-order valence-corrected chi connectivity index (χ4v) is 10.1. The molecule has 2 aliphatic rings. The van der Waals surface area contributed by atoms with E-state index in [9.17, 15) is 19.2 Å². The second-order valence-corrected chi connectivity index (χ2v) is 19.1. The lowest BCUT2D eigenvalue weighted by molar-refractivity contribution is 0.0943. The van der Waals surface area contributed by atoms with Gasteiger partial charge in [-0.1, -0.05) is 97.1 Å². The van der Waals surface area contributed by atoms with E-state index in [1.165, 1.54) is 0 Å². The molecule has 2 fully saturated rings. The van der Waals surface area contributed by atoms with Crippen molar-refractivity contribution >= 4 is 94.8 Å². The molecule has 0 aliphatic carbocycles. The van der Waals surface area contributed by atoms with Crippen LogP contribution in [0.2, 0.25) is 0 Å². The van der Waals surface area contributed by atoms with E-state index >= 15 is 0 Å². The number of carbonyl (C=O) groups excluding carboxylic acids is 2. The van der Waals surface area contributed by atoms with Gasteiger partial charge in [0.2, 0.25) is 0 Å². The maximum atomic E-state index is 13.1. The lowest BCUT2D eigenvalue weighted by atomic mass is 10.0. The van der Waals surface area contributed by atoms with Crippen molar-refractivity contribution in [1.29, 1.82) is 0 Å². The first-order valence-electron chi connectivity index (χ1n) is 26.1. The first-order chi connectivity index (χ1) is 37.1. The number of methoxy groups -OCH3 is 2. The van der Waals surface area contributed by atoms with Crippen LogP contribution in [0, 0.1) is 13.8 Å². The van der Waals surface area contributed by atoms with E-state index in [1.54, 1.807) is 64.5 Å². The van der Waals surface area contributed by atoms with Gasteiger partial charge in [0, 0.05) is 87.7 Å². The summed E-state index contributed by atoms with van der Waals surface area (Å²) in [5.74, 6) is 2.33. The number of halogens is 4. The minimum atomic E-state index is -0.234. The maximum absolute atomic E-state index is 13.1. The number of nitrogens with zero attached hydrogens (tertiary/aromatic N) is 4. The molecule has 15 nitrogen and oxygen atoms in total. The molecule has 4 N–H and O–H groups in total. The summed E-state index contributed by atoms with van der Waals surface area (Å²) in [7, 11) is 3.41. The van der Waals surface area contributed by atoms with Crippen LogP contribution in [0.4, 0.5) is 11.4 Å². The first-order valence-corrected chi connectivity index (χ1v) is 26.1. The van der Waals surface area contributed by atoms with Crippen LogP contribution in [0.1, 0.15) is 44.7 Å². The highest BCUT2D eigenvalue weighted by molar-refractivity contribution is 6.06. The van der Waals surface area contributed by atoms with Crippen molar-refractivity contribution in [2.24, 2.45) is 0 Å². The topological polar surface area (TPSA) is 182 Å². The van der Waals surface area contributed by atoms with Crippen LogP contribution in [-0.4, -0.2) is 120 Å². The number of anilines is 2. The van der Waals surface area contributed by atoms with E-state index < -0.39 is 0 Å². The lowest BCUT2D eigenvalue weighted by Gasteiger charge is -2.36. The summed E-state index contributed by atoms with van der Waals surface area (Å²) < 4.78 is 23.4. The third-order valence-electron chi connectivity index (χ3n) is 14.3. The van der Waals surface area contributed by atoms with Crippen LogP contribution in [0.3, 0.4) is 0 Å². The zero-order chi connectivity index (χ0) is 53.0. The second-order valence-electron chi connectivity index (χ2n) is 19.1. The summed E-state index contributed by atoms with van der Waals surface area (Å²) in [6.07, 6.45) is 1.67. The highest BCUT2D eigenvalue weighted by atomic mass is 35.5. The van der Waals surface area contributed by atoms with Gasteiger partial charge in [0.05, 0.1) is 47.5 Å². The molecule has 432 valence electrons. The third-order valence-corrected chi connectivity index (χ3v) is 14.3. The molecule has 0 unspecified atom stereocenters. The minimum absolute atomic E-state index is 0. The fraction of sp³-hybridized carbons (Fsp3) is 0.290. The largest absolute Gasteiger partial charge is 0.495 e. The first kappa shape index (κ1) is 66.4. The van der Waals surface area contributed by atoms with Gasteiger partial charge in [0.1, 0.15) is 23.0 Å². The highest BCUT2D eigenvalue weighted by Gasteiger charge is 2.23.